The van der Waals surface area contributed by atoms with Crippen LogP contribution in [-0.2, 0) is 4.74 Å². The van der Waals surface area contributed by atoms with E-state index in [1.54, 1.807) is 17.0 Å². The van der Waals surface area contributed by atoms with Crippen LogP contribution in [0.5, 0.6) is 5.75 Å². The first-order valence-corrected chi connectivity index (χ1v) is 6.95. The quantitative estimate of drug-likeness (QED) is 0.852. The summed E-state index contributed by atoms with van der Waals surface area (Å²) in [7, 11) is 0. The zero-order valence-corrected chi connectivity index (χ0v) is 12.6. The molecule has 0 spiro atoms. The van der Waals surface area contributed by atoms with E-state index < -0.39 is 11.4 Å². The van der Waals surface area contributed by atoms with Crippen molar-refractivity contribution in [3.63, 3.8) is 0 Å². The predicted molar refractivity (Wildman–Crippen MR) is 77.7 cm³/mol. The number of hydrogen-bond acceptors (Lipinski definition) is 4. The zero-order valence-electron chi connectivity index (χ0n) is 12.6. The molecule has 0 aliphatic carbocycles. The van der Waals surface area contributed by atoms with Gasteiger partial charge in [0.05, 0.1) is 6.54 Å². The lowest BCUT2D eigenvalue weighted by Gasteiger charge is -2.24. The Kier molecular flexibility index (Phi) is 4.25. The third-order valence-electron chi connectivity index (χ3n) is 3.10. The van der Waals surface area contributed by atoms with Crippen LogP contribution in [0.4, 0.5) is 14.9 Å². The number of carbonyl (C=O) groups excluding carboxylic acids is 1. The molecule has 0 saturated carbocycles. The maximum atomic E-state index is 13.4. The van der Waals surface area contributed by atoms with Crippen molar-refractivity contribution in [2.24, 2.45) is 0 Å². The van der Waals surface area contributed by atoms with E-state index in [2.05, 4.69) is 0 Å². The van der Waals surface area contributed by atoms with Crippen molar-refractivity contribution in [3.8, 4) is 5.75 Å². The molecule has 5 nitrogen and oxygen atoms in total. The minimum absolute atomic E-state index is 0.00628. The maximum absolute atomic E-state index is 13.4. The van der Waals surface area contributed by atoms with Gasteiger partial charge < -0.3 is 20.1 Å². The molecule has 116 valence electrons. The summed E-state index contributed by atoms with van der Waals surface area (Å²) in [5, 5.41) is 0. The minimum atomic E-state index is -0.525. The highest BCUT2D eigenvalue weighted by Gasteiger charge is 2.31. The van der Waals surface area contributed by atoms with Gasteiger partial charge in [-0.3, -0.25) is 0 Å². The Balaban J connectivity index is 1.94. The van der Waals surface area contributed by atoms with Crippen molar-refractivity contribution < 1.29 is 18.7 Å². The fourth-order valence-electron chi connectivity index (χ4n) is 2.12. The van der Waals surface area contributed by atoms with Crippen LogP contribution in [0, 0.1) is 5.82 Å². The van der Waals surface area contributed by atoms with Crippen molar-refractivity contribution in [2.75, 3.05) is 18.8 Å². The first-order valence-electron chi connectivity index (χ1n) is 6.95. The monoisotopic (exact) mass is 296 g/mol. The molecule has 1 atom stereocenters. The number of nitrogen functional groups attached to an aromatic ring is 1. The van der Waals surface area contributed by atoms with Crippen LogP contribution >= 0.6 is 0 Å². The maximum Gasteiger partial charge on any atom is 0.410 e. The van der Waals surface area contributed by atoms with Gasteiger partial charge in [-0.05, 0) is 32.9 Å². The Bertz CT molecular complexity index is 528. The average Bonchev–Trinajstić information content (AvgIpc) is 2.82. The summed E-state index contributed by atoms with van der Waals surface area (Å²) in [4.78, 5) is 13.5. The number of anilines is 1. The summed E-state index contributed by atoms with van der Waals surface area (Å²) in [5.41, 5.74) is 5.10. The molecule has 2 N–H and O–H groups in total. The lowest BCUT2D eigenvalue weighted by Crippen LogP contribution is -2.36. The molecule has 1 aromatic carbocycles. The van der Waals surface area contributed by atoms with Gasteiger partial charge in [-0.2, -0.15) is 0 Å². The van der Waals surface area contributed by atoms with Gasteiger partial charge in [0, 0.05) is 13.0 Å². The second kappa shape index (κ2) is 5.79. The van der Waals surface area contributed by atoms with Gasteiger partial charge in [0.1, 0.15) is 29.0 Å². The van der Waals surface area contributed by atoms with Gasteiger partial charge in [0.15, 0.2) is 0 Å². The van der Waals surface area contributed by atoms with Crippen molar-refractivity contribution in [1.82, 2.24) is 4.90 Å². The third-order valence-corrected chi connectivity index (χ3v) is 3.10. The number of likely N-dealkylation sites (tertiary alicyclic amines) is 1. The fraction of sp³-hybridized carbons (Fsp3) is 0.533. The fourth-order valence-corrected chi connectivity index (χ4v) is 2.12. The third kappa shape index (κ3) is 4.00. The average molecular weight is 296 g/mol. The lowest BCUT2D eigenvalue weighted by molar-refractivity contribution is 0.0276. The zero-order chi connectivity index (χ0) is 15.6. The number of benzene rings is 1. The van der Waals surface area contributed by atoms with Crippen LogP contribution in [0.25, 0.3) is 0 Å². The molecule has 1 fully saturated rings. The normalized spacial score (nSPS) is 18.7. The summed E-state index contributed by atoms with van der Waals surface area (Å²) in [5.74, 6) is -0.194. The van der Waals surface area contributed by atoms with Gasteiger partial charge in [0.2, 0.25) is 0 Å². The van der Waals surface area contributed by atoms with Gasteiger partial charge in [-0.1, -0.05) is 6.07 Å². The molecule has 1 heterocycles. The van der Waals surface area contributed by atoms with E-state index in [1.165, 1.54) is 6.07 Å². The van der Waals surface area contributed by atoms with Gasteiger partial charge >= 0.3 is 6.09 Å². The Morgan fingerprint density at radius 1 is 1.43 bits per heavy atom. The molecular formula is C15H21FN2O3. The second-order valence-corrected chi connectivity index (χ2v) is 6.11. The second-order valence-electron chi connectivity index (χ2n) is 6.11. The van der Waals surface area contributed by atoms with Crippen molar-refractivity contribution in [1.29, 1.82) is 0 Å². The first-order chi connectivity index (χ1) is 9.76. The van der Waals surface area contributed by atoms with E-state index >= 15 is 0 Å². The van der Waals surface area contributed by atoms with Crippen LogP contribution in [0.15, 0.2) is 18.2 Å². The number of amides is 1. The van der Waals surface area contributed by atoms with Gasteiger partial charge in [-0.15, -0.1) is 0 Å². The molecule has 1 saturated heterocycles. The van der Waals surface area contributed by atoms with Crippen LogP contribution in [0.2, 0.25) is 0 Å². The number of ether oxygens (including phenoxy) is 2. The number of carbonyl (C=O) groups is 1. The van der Waals surface area contributed by atoms with Crippen molar-refractivity contribution >= 4 is 11.8 Å². The number of nitrogens with zero attached hydrogens (tertiary/aromatic N) is 1. The molecule has 0 aromatic heterocycles. The highest BCUT2D eigenvalue weighted by molar-refractivity contribution is 5.68. The molecule has 1 aromatic rings. The summed E-state index contributed by atoms with van der Waals surface area (Å²) in [6.45, 7) is 6.42. The Hall–Kier alpha value is -1.98. The number of rotatable bonds is 2. The van der Waals surface area contributed by atoms with Crippen LogP contribution in [0.1, 0.15) is 27.2 Å². The Morgan fingerprint density at radius 2 is 2.14 bits per heavy atom. The van der Waals surface area contributed by atoms with E-state index in [0.717, 1.165) is 0 Å². The molecule has 1 aliphatic rings. The highest BCUT2D eigenvalue weighted by atomic mass is 19.1. The number of para-hydroxylation sites is 1. The minimum Gasteiger partial charge on any atom is -0.486 e. The molecule has 1 amide bonds. The topological polar surface area (TPSA) is 64.8 Å². The summed E-state index contributed by atoms with van der Waals surface area (Å²) in [6, 6.07) is 4.44. The van der Waals surface area contributed by atoms with Crippen LogP contribution < -0.4 is 10.5 Å². The lowest BCUT2D eigenvalue weighted by atomic mass is 10.2. The first kappa shape index (κ1) is 15.4. The number of nitrogens with two attached hydrogens (primary N) is 1. The Labute approximate surface area is 123 Å². The molecule has 21 heavy (non-hydrogen) atoms. The van der Waals surface area contributed by atoms with Crippen LogP contribution in [-0.4, -0.2) is 35.8 Å². The van der Waals surface area contributed by atoms with E-state index in [-0.39, 0.29) is 17.9 Å². The standard InChI is InChI=1S/C15H21FN2O3/c1-15(2,3)21-14(19)18-8-7-10(9-18)20-12-6-4-5-11(16)13(12)17/h4-6,10H,7-9,17H2,1-3H3. The SMILES string of the molecule is CC(C)(C)OC(=O)N1CCC(Oc2cccc(F)c2N)C1. The van der Waals surface area contributed by atoms with Gasteiger partial charge in [0.25, 0.3) is 0 Å². The smallest absolute Gasteiger partial charge is 0.410 e. The van der Waals surface area contributed by atoms with E-state index in [4.69, 9.17) is 15.2 Å². The van der Waals surface area contributed by atoms with Gasteiger partial charge in [-0.25, -0.2) is 9.18 Å². The number of hydrogen-bond donors (Lipinski definition) is 1. The molecule has 1 unspecified atom stereocenters. The van der Waals surface area contributed by atoms with E-state index in [9.17, 15) is 9.18 Å². The molecule has 2 rings (SSSR count). The van der Waals surface area contributed by atoms with E-state index in [0.29, 0.717) is 25.3 Å². The predicted octanol–water partition coefficient (Wildman–Crippen LogP) is 2.80. The molecule has 0 radical (unpaired) electrons. The Morgan fingerprint density at radius 3 is 2.81 bits per heavy atom. The van der Waals surface area contributed by atoms with Crippen molar-refractivity contribution in [3.05, 3.63) is 24.0 Å². The molecular weight excluding hydrogens is 275 g/mol. The molecule has 6 heteroatoms. The van der Waals surface area contributed by atoms with Crippen LogP contribution in [0.3, 0.4) is 0 Å². The summed E-state index contributed by atoms with van der Waals surface area (Å²) < 4.78 is 24.3. The van der Waals surface area contributed by atoms with Crippen molar-refractivity contribution in [2.45, 2.75) is 38.9 Å². The summed E-state index contributed by atoms with van der Waals surface area (Å²) in [6.07, 6.45) is 0.0947. The molecule has 0 bridgehead atoms. The summed E-state index contributed by atoms with van der Waals surface area (Å²) >= 11 is 0. The van der Waals surface area contributed by atoms with E-state index in [1.807, 2.05) is 20.8 Å². The number of halogens is 1. The highest BCUT2D eigenvalue weighted by Crippen LogP contribution is 2.27. The largest absolute Gasteiger partial charge is 0.486 e. The molecule has 1 aliphatic heterocycles.